The summed E-state index contributed by atoms with van der Waals surface area (Å²) in [6.07, 6.45) is 4.60. The molecule has 0 saturated heterocycles. The fourth-order valence-electron chi connectivity index (χ4n) is 10.3. The number of allylic oxidation sites excluding steroid dienone is 1. The molecule has 0 aliphatic heterocycles. The molecule has 0 amide bonds. The van der Waals surface area contributed by atoms with Crippen LogP contribution < -0.4 is 4.90 Å². The number of anilines is 3. The molecule has 1 aliphatic carbocycles. The first kappa shape index (κ1) is 39.5. The summed E-state index contributed by atoms with van der Waals surface area (Å²) in [5.41, 5.74) is 17.5. The first-order chi connectivity index (χ1) is 33.2. The van der Waals surface area contributed by atoms with Gasteiger partial charge in [0, 0.05) is 46.5 Å². The largest absolute Gasteiger partial charge is 0.310 e. The molecule has 3 heteroatoms. The number of rotatable bonds is 8. The van der Waals surface area contributed by atoms with Crippen LogP contribution in [0.2, 0.25) is 0 Å². The molecule has 0 fully saturated rings. The second-order valence-corrected chi connectivity index (χ2v) is 19.7. The zero-order valence-electron chi connectivity index (χ0n) is 36.7. The molecule has 10 aromatic carbocycles. The van der Waals surface area contributed by atoms with Crippen molar-refractivity contribution in [1.29, 1.82) is 0 Å². The van der Waals surface area contributed by atoms with E-state index in [4.69, 9.17) is 0 Å². The lowest BCUT2D eigenvalue weighted by Gasteiger charge is -2.27. The highest BCUT2D eigenvalue weighted by Gasteiger charge is 2.20. The Hall–Kier alpha value is -7.82. The van der Waals surface area contributed by atoms with Gasteiger partial charge in [-0.25, -0.2) is 0 Å². The molecule has 12 aromatic rings. The fourth-order valence-corrected chi connectivity index (χ4v) is 12.6. The summed E-state index contributed by atoms with van der Waals surface area (Å²) in [7, 11) is 0. The predicted molar refractivity (Wildman–Crippen MR) is 291 cm³/mol. The van der Waals surface area contributed by atoms with Crippen LogP contribution in [-0.4, -0.2) is 0 Å². The van der Waals surface area contributed by atoms with Gasteiger partial charge in [0.2, 0.25) is 0 Å². The van der Waals surface area contributed by atoms with Gasteiger partial charge in [-0.15, -0.1) is 22.7 Å². The van der Waals surface area contributed by atoms with E-state index >= 15 is 0 Å². The number of para-hydroxylation sites is 1. The van der Waals surface area contributed by atoms with Crippen LogP contribution in [0.4, 0.5) is 17.1 Å². The lowest BCUT2D eigenvalue weighted by molar-refractivity contribution is 1.02. The summed E-state index contributed by atoms with van der Waals surface area (Å²) in [6.45, 7) is 0. The van der Waals surface area contributed by atoms with Crippen molar-refractivity contribution in [3.05, 3.63) is 247 Å². The molecule has 0 spiro atoms. The van der Waals surface area contributed by atoms with Crippen LogP contribution in [0.15, 0.2) is 231 Å². The number of hydrogen-bond acceptors (Lipinski definition) is 3. The molecule has 1 aliphatic rings. The van der Waals surface area contributed by atoms with Gasteiger partial charge in [-0.2, -0.15) is 0 Å². The quantitative estimate of drug-likeness (QED) is 0.147. The average Bonchev–Trinajstić information content (AvgIpc) is 3.97. The molecule has 67 heavy (non-hydrogen) atoms. The Labute approximate surface area is 398 Å². The predicted octanol–water partition coefficient (Wildman–Crippen LogP) is 19.0. The number of nitrogens with zero attached hydrogens (tertiary/aromatic N) is 1. The second kappa shape index (κ2) is 16.6. The first-order valence-corrected chi connectivity index (χ1v) is 24.7. The Balaban J connectivity index is 0.774. The minimum absolute atomic E-state index is 1.07. The molecule has 13 rings (SSSR count). The van der Waals surface area contributed by atoms with E-state index in [2.05, 4.69) is 241 Å². The summed E-state index contributed by atoms with van der Waals surface area (Å²) in [6, 6.07) is 84.8. The Kier molecular flexibility index (Phi) is 9.77. The Bertz CT molecular complexity index is 3840. The van der Waals surface area contributed by atoms with E-state index in [9.17, 15) is 0 Å². The molecular weight excluding hydrogens is 847 g/mol. The number of hydrogen-bond donors (Lipinski definition) is 0. The monoisotopic (exact) mass is 889 g/mol. The number of aryl methyl sites for hydroxylation is 1. The van der Waals surface area contributed by atoms with Crippen molar-refractivity contribution in [1.82, 2.24) is 0 Å². The zero-order chi connectivity index (χ0) is 44.3. The fraction of sp³-hybridized carbons (Fsp3) is 0.0312. The summed E-state index contributed by atoms with van der Waals surface area (Å²) in [5.74, 6) is 0. The van der Waals surface area contributed by atoms with Crippen molar-refractivity contribution >= 4 is 92.4 Å². The Morgan fingerprint density at radius 3 is 1.69 bits per heavy atom. The van der Waals surface area contributed by atoms with Crippen LogP contribution in [0.5, 0.6) is 0 Å². The van der Waals surface area contributed by atoms with E-state index in [0.717, 1.165) is 29.9 Å². The molecule has 2 heterocycles. The molecule has 316 valence electrons. The summed E-state index contributed by atoms with van der Waals surface area (Å²) in [5, 5.41) is 6.49. The van der Waals surface area contributed by atoms with Crippen molar-refractivity contribution in [3.63, 3.8) is 0 Å². The maximum Gasteiger partial charge on any atom is 0.0540 e. The smallest absolute Gasteiger partial charge is 0.0540 e. The summed E-state index contributed by atoms with van der Waals surface area (Å²) >= 11 is 3.80. The van der Waals surface area contributed by atoms with Crippen LogP contribution >= 0.6 is 22.7 Å². The summed E-state index contributed by atoms with van der Waals surface area (Å²) in [4.78, 5) is 3.80. The topological polar surface area (TPSA) is 3.24 Å². The summed E-state index contributed by atoms with van der Waals surface area (Å²) < 4.78 is 4.00. The first-order valence-electron chi connectivity index (χ1n) is 23.1. The average molecular weight is 890 g/mol. The van der Waals surface area contributed by atoms with E-state index in [-0.39, 0.29) is 0 Å². The van der Waals surface area contributed by atoms with Crippen molar-refractivity contribution in [2.75, 3.05) is 4.90 Å². The van der Waals surface area contributed by atoms with Crippen molar-refractivity contribution < 1.29 is 0 Å². The zero-order valence-corrected chi connectivity index (χ0v) is 38.3. The highest BCUT2D eigenvalue weighted by Crippen LogP contribution is 2.44. The molecule has 2 aromatic heterocycles. The number of benzene rings is 10. The van der Waals surface area contributed by atoms with E-state index in [0.29, 0.717) is 0 Å². The maximum absolute atomic E-state index is 2.43. The van der Waals surface area contributed by atoms with Gasteiger partial charge in [-0.05, 0) is 152 Å². The minimum atomic E-state index is 1.07. The SMILES string of the molecule is C1=C(c2cccc(-c3ccc(-c4ccc5sc6cc(-c7ccc(N(c8ccccc8)c8ccc(-c9ccccc9)c9ccccc89)cc7)ccc6c5c4)cc3)c2)CCc2c1sc1ccccc21. The van der Waals surface area contributed by atoms with Crippen molar-refractivity contribution in [2.24, 2.45) is 0 Å². The molecular formula is C64H43NS2. The number of fused-ring (bicyclic) bond motifs is 7. The van der Waals surface area contributed by atoms with Gasteiger partial charge in [0.25, 0.3) is 0 Å². The molecule has 1 nitrogen and oxygen atoms in total. The van der Waals surface area contributed by atoms with E-state index in [1.54, 1.807) is 0 Å². The lowest BCUT2D eigenvalue weighted by Crippen LogP contribution is -2.10. The Morgan fingerprint density at radius 2 is 0.896 bits per heavy atom. The third-order valence-electron chi connectivity index (χ3n) is 13.6. The van der Waals surface area contributed by atoms with Crippen molar-refractivity contribution in [2.45, 2.75) is 12.8 Å². The maximum atomic E-state index is 2.43. The van der Waals surface area contributed by atoms with Crippen LogP contribution in [0.1, 0.15) is 22.4 Å². The molecule has 0 unspecified atom stereocenters. The van der Waals surface area contributed by atoms with Gasteiger partial charge < -0.3 is 4.90 Å². The molecule has 0 saturated carbocycles. The second-order valence-electron chi connectivity index (χ2n) is 17.6. The van der Waals surface area contributed by atoms with Gasteiger partial charge >= 0.3 is 0 Å². The van der Waals surface area contributed by atoms with Gasteiger partial charge in [0.1, 0.15) is 0 Å². The van der Waals surface area contributed by atoms with Crippen molar-refractivity contribution in [3.8, 4) is 44.5 Å². The van der Waals surface area contributed by atoms with Crippen LogP contribution in [0.25, 0.3) is 97.2 Å². The third kappa shape index (κ3) is 7.16. The standard InChI is InChI=1S/C64H43NS2/c1-3-12-45(13-4-1)53-35-36-60(55-19-8-7-18-54(53)55)65(51-16-5-2-6-17-51)52-31-26-44(27-32-52)49-28-34-58-59-39-48(30-37-62(59)67-64(58)40-49)43-24-22-42(23-25-43)46-14-11-15-47(38-46)50-29-33-57-56-20-9-10-21-61(56)66-63(57)41-50/h1-28,30-32,34-41H,29,33H2. The minimum Gasteiger partial charge on any atom is -0.310 e. The molecule has 0 radical (unpaired) electrons. The third-order valence-corrected chi connectivity index (χ3v) is 15.9. The van der Waals surface area contributed by atoms with Crippen LogP contribution in [0, 0.1) is 0 Å². The van der Waals surface area contributed by atoms with Crippen LogP contribution in [0.3, 0.4) is 0 Å². The van der Waals surface area contributed by atoms with Crippen LogP contribution in [-0.2, 0) is 6.42 Å². The van der Waals surface area contributed by atoms with Gasteiger partial charge in [0.15, 0.2) is 0 Å². The lowest BCUT2D eigenvalue weighted by atomic mass is 9.90. The normalized spacial score (nSPS) is 12.4. The molecule has 0 bridgehead atoms. The Morgan fingerprint density at radius 1 is 0.313 bits per heavy atom. The van der Waals surface area contributed by atoms with Gasteiger partial charge in [-0.1, -0.05) is 170 Å². The van der Waals surface area contributed by atoms with E-state index in [1.165, 1.54) is 107 Å². The molecule has 0 atom stereocenters. The van der Waals surface area contributed by atoms with Gasteiger partial charge in [-0.3, -0.25) is 0 Å². The van der Waals surface area contributed by atoms with E-state index in [1.807, 2.05) is 22.7 Å². The van der Waals surface area contributed by atoms with E-state index < -0.39 is 0 Å². The molecule has 0 N–H and O–H groups in total. The highest BCUT2D eigenvalue weighted by atomic mass is 32.1. The van der Waals surface area contributed by atoms with Gasteiger partial charge in [0.05, 0.1) is 5.69 Å². The highest BCUT2D eigenvalue weighted by molar-refractivity contribution is 7.25. The number of thiophene rings is 2.